The molecular weight excluding hydrogens is 282 g/mol. The normalized spacial score (nSPS) is 16.9. The Bertz CT molecular complexity index is 535. The van der Waals surface area contributed by atoms with E-state index in [1.807, 2.05) is 0 Å². The van der Waals surface area contributed by atoms with Crippen LogP contribution < -0.4 is 4.72 Å². The van der Waals surface area contributed by atoms with E-state index in [9.17, 15) is 8.42 Å². The third-order valence-corrected chi connectivity index (χ3v) is 5.09. The van der Waals surface area contributed by atoms with Gasteiger partial charge in [-0.15, -0.1) is 0 Å². The van der Waals surface area contributed by atoms with Crippen molar-refractivity contribution in [1.82, 2.24) is 14.9 Å². The second-order valence-corrected chi connectivity index (χ2v) is 6.66. The van der Waals surface area contributed by atoms with Crippen molar-refractivity contribution in [2.45, 2.75) is 50.2 Å². The summed E-state index contributed by atoms with van der Waals surface area (Å²) in [6.45, 7) is 1.76. The van der Waals surface area contributed by atoms with Gasteiger partial charge in [-0.1, -0.05) is 12.8 Å². The minimum atomic E-state index is -3.67. The summed E-state index contributed by atoms with van der Waals surface area (Å²) < 4.78 is 32.4. The average Bonchev–Trinajstić information content (AvgIpc) is 3.03. The molecule has 0 saturated heterocycles. The summed E-state index contributed by atoms with van der Waals surface area (Å²) in [4.78, 5) is 0.0286. The van der Waals surface area contributed by atoms with Gasteiger partial charge in [-0.05, 0) is 19.8 Å². The molecule has 1 aliphatic carbocycles. The van der Waals surface area contributed by atoms with Crippen molar-refractivity contribution in [3.8, 4) is 0 Å². The molecule has 0 radical (unpaired) electrons. The molecule has 1 saturated carbocycles. The molecular formula is C12H21N3O4S. The molecule has 3 N–H and O–H groups in total. The van der Waals surface area contributed by atoms with E-state index in [4.69, 9.17) is 9.84 Å². The highest BCUT2D eigenvalue weighted by atomic mass is 32.2. The van der Waals surface area contributed by atoms with E-state index in [1.54, 1.807) is 6.92 Å². The fourth-order valence-electron chi connectivity index (χ4n) is 2.46. The smallest absolute Gasteiger partial charge is 0.244 e. The van der Waals surface area contributed by atoms with Crippen LogP contribution in [0.25, 0.3) is 0 Å². The second-order valence-electron chi connectivity index (χ2n) is 4.96. The van der Waals surface area contributed by atoms with E-state index in [-0.39, 0.29) is 23.2 Å². The summed E-state index contributed by atoms with van der Waals surface area (Å²) in [7, 11) is -3.67. The fourth-order valence-corrected chi connectivity index (χ4v) is 3.83. The Morgan fingerprint density at radius 2 is 2.15 bits per heavy atom. The number of aromatic nitrogens is 2. The zero-order chi connectivity index (χ0) is 14.6. The van der Waals surface area contributed by atoms with Crippen molar-refractivity contribution >= 4 is 10.0 Å². The van der Waals surface area contributed by atoms with E-state index >= 15 is 0 Å². The average molecular weight is 303 g/mol. The molecule has 0 amide bonds. The van der Waals surface area contributed by atoms with Crippen molar-refractivity contribution < 1.29 is 18.3 Å². The van der Waals surface area contributed by atoms with E-state index < -0.39 is 16.6 Å². The summed E-state index contributed by atoms with van der Waals surface area (Å²) in [5, 5.41) is 15.4. The largest absolute Gasteiger partial charge is 0.390 e. The lowest BCUT2D eigenvalue weighted by atomic mass is 10.3. The third kappa shape index (κ3) is 3.57. The summed E-state index contributed by atoms with van der Waals surface area (Å²) in [5.41, 5.74) is 0.546. The molecule has 0 aromatic carbocycles. The maximum absolute atomic E-state index is 12.2. The Morgan fingerprint density at radius 3 is 2.80 bits per heavy atom. The lowest BCUT2D eigenvalue weighted by Gasteiger charge is -2.12. The first-order valence-corrected chi connectivity index (χ1v) is 8.29. The number of nitrogens with one attached hydrogen (secondary N) is 2. The zero-order valence-corrected chi connectivity index (χ0v) is 12.4. The SMILES string of the molecule is Cc1[nH]nc(CO)c1S(=O)(=O)NCCOC1CCCC1. The third-order valence-electron chi connectivity index (χ3n) is 3.43. The number of aryl methyl sites for hydroxylation is 1. The standard InChI is InChI=1S/C12H21N3O4S/c1-9-12(11(8-16)15-14-9)20(17,18)13-6-7-19-10-4-2-3-5-10/h10,13,16H,2-8H2,1H3,(H,14,15). The van der Waals surface area contributed by atoms with Crippen molar-refractivity contribution in [2.75, 3.05) is 13.2 Å². The predicted octanol–water partition coefficient (Wildman–Crippen LogP) is 0.448. The van der Waals surface area contributed by atoms with Gasteiger partial charge in [0, 0.05) is 6.54 Å². The number of aliphatic hydroxyl groups is 1. The van der Waals surface area contributed by atoms with Crippen LogP contribution in [0.2, 0.25) is 0 Å². The minimum Gasteiger partial charge on any atom is -0.390 e. The topological polar surface area (TPSA) is 104 Å². The maximum atomic E-state index is 12.2. The molecule has 114 valence electrons. The highest BCUT2D eigenvalue weighted by Gasteiger charge is 2.23. The van der Waals surface area contributed by atoms with Crippen LogP contribution in [0.15, 0.2) is 4.90 Å². The molecule has 1 fully saturated rings. The molecule has 0 bridgehead atoms. The van der Waals surface area contributed by atoms with Crippen LogP contribution >= 0.6 is 0 Å². The first kappa shape index (κ1) is 15.4. The monoisotopic (exact) mass is 303 g/mol. The molecule has 2 rings (SSSR count). The van der Waals surface area contributed by atoms with Gasteiger partial charge in [0.15, 0.2) is 0 Å². The second kappa shape index (κ2) is 6.66. The Labute approximate surface area is 118 Å². The number of sulfonamides is 1. The van der Waals surface area contributed by atoms with Gasteiger partial charge in [0.1, 0.15) is 10.6 Å². The Morgan fingerprint density at radius 1 is 1.45 bits per heavy atom. The molecule has 0 atom stereocenters. The number of nitrogens with zero attached hydrogens (tertiary/aromatic N) is 1. The van der Waals surface area contributed by atoms with Crippen LogP contribution in [0.5, 0.6) is 0 Å². The number of rotatable bonds is 7. The number of H-pyrrole nitrogens is 1. The number of hydrogen-bond donors (Lipinski definition) is 3. The summed E-state index contributed by atoms with van der Waals surface area (Å²) in [5.74, 6) is 0. The zero-order valence-electron chi connectivity index (χ0n) is 11.6. The van der Waals surface area contributed by atoms with E-state index in [0.717, 1.165) is 12.8 Å². The first-order valence-electron chi connectivity index (χ1n) is 6.80. The molecule has 7 nitrogen and oxygen atoms in total. The number of hydrogen-bond acceptors (Lipinski definition) is 5. The fraction of sp³-hybridized carbons (Fsp3) is 0.750. The van der Waals surface area contributed by atoms with Crippen LogP contribution in [0.1, 0.15) is 37.1 Å². The summed E-state index contributed by atoms with van der Waals surface area (Å²) >= 11 is 0. The number of aromatic amines is 1. The molecule has 0 aliphatic heterocycles. The van der Waals surface area contributed by atoms with Gasteiger partial charge < -0.3 is 9.84 Å². The Kier molecular flexibility index (Phi) is 5.14. The van der Waals surface area contributed by atoms with Gasteiger partial charge in [0.05, 0.1) is 25.0 Å². The van der Waals surface area contributed by atoms with Crippen molar-refractivity contribution in [3.05, 3.63) is 11.4 Å². The van der Waals surface area contributed by atoms with Crippen molar-refractivity contribution in [3.63, 3.8) is 0 Å². The molecule has 1 aromatic rings. The van der Waals surface area contributed by atoms with E-state index in [0.29, 0.717) is 12.3 Å². The van der Waals surface area contributed by atoms with Crippen LogP contribution in [-0.4, -0.2) is 43.0 Å². The number of aliphatic hydroxyl groups excluding tert-OH is 1. The molecule has 1 aromatic heterocycles. The van der Waals surface area contributed by atoms with Gasteiger partial charge in [0.25, 0.3) is 0 Å². The maximum Gasteiger partial charge on any atom is 0.244 e. The molecule has 1 aliphatic rings. The first-order chi connectivity index (χ1) is 9.54. The minimum absolute atomic E-state index is 0.0286. The quantitative estimate of drug-likeness (QED) is 0.634. The van der Waals surface area contributed by atoms with Crippen LogP contribution in [0.3, 0.4) is 0 Å². The lowest BCUT2D eigenvalue weighted by Crippen LogP contribution is -2.29. The molecule has 20 heavy (non-hydrogen) atoms. The molecule has 8 heteroatoms. The molecule has 0 spiro atoms. The van der Waals surface area contributed by atoms with Gasteiger partial charge in [0.2, 0.25) is 10.0 Å². The Hall–Kier alpha value is -0.960. The van der Waals surface area contributed by atoms with Crippen LogP contribution in [0, 0.1) is 6.92 Å². The molecule has 0 unspecified atom stereocenters. The van der Waals surface area contributed by atoms with Gasteiger partial charge in [-0.3, -0.25) is 5.10 Å². The lowest BCUT2D eigenvalue weighted by molar-refractivity contribution is 0.0626. The summed E-state index contributed by atoms with van der Waals surface area (Å²) in [6.07, 6.45) is 4.75. The number of ether oxygens (including phenoxy) is 1. The highest BCUT2D eigenvalue weighted by Crippen LogP contribution is 2.21. The predicted molar refractivity (Wildman–Crippen MR) is 72.6 cm³/mol. The van der Waals surface area contributed by atoms with Crippen LogP contribution in [0.4, 0.5) is 0 Å². The van der Waals surface area contributed by atoms with Gasteiger partial charge in [-0.2, -0.15) is 5.10 Å². The van der Waals surface area contributed by atoms with Gasteiger partial charge >= 0.3 is 0 Å². The van der Waals surface area contributed by atoms with Crippen molar-refractivity contribution in [1.29, 1.82) is 0 Å². The molecule has 1 heterocycles. The Balaban J connectivity index is 1.88. The van der Waals surface area contributed by atoms with E-state index in [2.05, 4.69) is 14.9 Å². The van der Waals surface area contributed by atoms with Crippen LogP contribution in [-0.2, 0) is 21.4 Å². The summed E-state index contributed by atoms with van der Waals surface area (Å²) in [6, 6.07) is 0. The van der Waals surface area contributed by atoms with Gasteiger partial charge in [-0.25, -0.2) is 13.1 Å². The highest BCUT2D eigenvalue weighted by molar-refractivity contribution is 7.89. The van der Waals surface area contributed by atoms with E-state index in [1.165, 1.54) is 12.8 Å². The van der Waals surface area contributed by atoms with Crippen molar-refractivity contribution in [2.24, 2.45) is 0 Å².